The summed E-state index contributed by atoms with van der Waals surface area (Å²) in [5.41, 5.74) is 1.42. The van der Waals surface area contributed by atoms with Crippen LogP contribution in [-0.2, 0) is 6.54 Å². The van der Waals surface area contributed by atoms with Crippen molar-refractivity contribution in [2.45, 2.75) is 6.54 Å². The Morgan fingerprint density at radius 2 is 1.45 bits per heavy atom. The van der Waals surface area contributed by atoms with E-state index in [-0.39, 0.29) is 18.0 Å². The van der Waals surface area contributed by atoms with Gasteiger partial charge in [0.05, 0.1) is 34.1 Å². The molecule has 0 amide bonds. The van der Waals surface area contributed by atoms with E-state index in [0.717, 1.165) is 22.0 Å². The Hall–Kier alpha value is -3.12. The molecule has 0 saturated heterocycles. The van der Waals surface area contributed by atoms with E-state index in [1.807, 2.05) is 24.3 Å². The number of hydrogen-bond donors (Lipinski definition) is 0. The standard InChI is InChI=1S/C22H23NO5.ClH/c1-6-9-23-21(24)12-15-11-19(27-4)20(28-5)13-16(15)22(23)14-7-8-17(25-2)18(10-14)26-3;/h6-8,10-13H,1,9H2,2-5H3;1H. The lowest BCUT2D eigenvalue weighted by molar-refractivity contribution is 0.355. The van der Waals surface area contributed by atoms with Gasteiger partial charge < -0.3 is 23.5 Å². The molecule has 0 fully saturated rings. The highest BCUT2D eigenvalue weighted by molar-refractivity contribution is 5.97. The van der Waals surface area contributed by atoms with Crippen LogP contribution < -0.4 is 24.5 Å². The highest BCUT2D eigenvalue weighted by Gasteiger charge is 2.17. The van der Waals surface area contributed by atoms with Gasteiger partial charge in [0.15, 0.2) is 23.0 Å². The van der Waals surface area contributed by atoms with Crippen molar-refractivity contribution in [2.24, 2.45) is 0 Å². The molecule has 3 rings (SSSR count). The fourth-order valence-electron chi connectivity index (χ4n) is 3.29. The maximum Gasteiger partial charge on any atom is 0.251 e. The lowest BCUT2D eigenvalue weighted by atomic mass is 10.0. The molecule has 3 aromatic rings. The number of pyridine rings is 1. The van der Waals surface area contributed by atoms with Gasteiger partial charge in [-0.1, -0.05) is 6.08 Å². The summed E-state index contributed by atoms with van der Waals surface area (Å²) in [6.45, 7) is 4.15. The van der Waals surface area contributed by atoms with Gasteiger partial charge in [0.2, 0.25) is 0 Å². The maximum absolute atomic E-state index is 12.8. The molecule has 154 valence electrons. The van der Waals surface area contributed by atoms with Crippen molar-refractivity contribution in [1.29, 1.82) is 0 Å². The number of ether oxygens (including phenoxy) is 4. The zero-order valence-corrected chi connectivity index (χ0v) is 17.7. The monoisotopic (exact) mass is 417 g/mol. The molecule has 0 aliphatic carbocycles. The van der Waals surface area contributed by atoms with Crippen molar-refractivity contribution < 1.29 is 18.9 Å². The fraction of sp³-hybridized carbons (Fsp3) is 0.227. The third kappa shape index (κ3) is 4.03. The molecular weight excluding hydrogens is 394 g/mol. The number of halogens is 1. The maximum atomic E-state index is 12.8. The minimum absolute atomic E-state index is 0. The Morgan fingerprint density at radius 3 is 2.03 bits per heavy atom. The number of benzene rings is 2. The summed E-state index contributed by atoms with van der Waals surface area (Å²) in [6.07, 6.45) is 1.69. The molecule has 7 heteroatoms. The van der Waals surface area contributed by atoms with Crippen LogP contribution in [0.4, 0.5) is 0 Å². The summed E-state index contributed by atoms with van der Waals surface area (Å²) in [5.74, 6) is 2.34. The number of nitrogens with zero attached hydrogens (tertiary/aromatic N) is 1. The summed E-state index contributed by atoms with van der Waals surface area (Å²) in [4.78, 5) is 12.8. The molecule has 0 aliphatic rings. The van der Waals surface area contributed by atoms with Crippen LogP contribution in [0.1, 0.15) is 0 Å². The topological polar surface area (TPSA) is 58.9 Å². The van der Waals surface area contributed by atoms with Gasteiger partial charge in [-0.3, -0.25) is 4.79 Å². The molecular formula is C22H24ClNO5. The first-order valence-corrected chi connectivity index (χ1v) is 8.70. The quantitative estimate of drug-likeness (QED) is 0.536. The van der Waals surface area contributed by atoms with Gasteiger partial charge in [-0.15, -0.1) is 19.0 Å². The van der Waals surface area contributed by atoms with Crippen LogP contribution in [-0.4, -0.2) is 33.0 Å². The fourth-order valence-corrected chi connectivity index (χ4v) is 3.29. The molecule has 0 atom stereocenters. The van der Waals surface area contributed by atoms with Gasteiger partial charge in [-0.05, 0) is 35.7 Å². The molecule has 2 aromatic carbocycles. The highest BCUT2D eigenvalue weighted by atomic mass is 35.5. The van der Waals surface area contributed by atoms with Crippen molar-refractivity contribution in [3.8, 4) is 34.3 Å². The Labute approximate surface area is 175 Å². The van der Waals surface area contributed by atoms with Gasteiger partial charge in [0.1, 0.15) is 0 Å². The second-order valence-electron chi connectivity index (χ2n) is 6.09. The third-order valence-electron chi connectivity index (χ3n) is 4.59. The van der Waals surface area contributed by atoms with Crippen LogP contribution >= 0.6 is 12.4 Å². The minimum atomic E-state index is -0.135. The van der Waals surface area contributed by atoms with E-state index < -0.39 is 0 Å². The molecule has 0 spiro atoms. The number of methoxy groups -OCH3 is 4. The SMILES string of the molecule is C=CCn1c(-c2ccc(OC)c(OC)c2)c2cc(OC)c(OC)cc2cc1=O.Cl. The number of fused-ring (bicyclic) bond motifs is 1. The van der Waals surface area contributed by atoms with Gasteiger partial charge in [-0.2, -0.15) is 0 Å². The van der Waals surface area contributed by atoms with Crippen LogP contribution in [0.25, 0.3) is 22.0 Å². The van der Waals surface area contributed by atoms with Gasteiger partial charge in [0, 0.05) is 23.6 Å². The first-order valence-electron chi connectivity index (χ1n) is 8.70. The second-order valence-corrected chi connectivity index (χ2v) is 6.09. The van der Waals surface area contributed by atoms with E-state index in [1.165, 1.54) is 0 Å². The van der Waals surface area contributed by atoms with Crippen LogP contribution in [0.2, 0.25) is 0 Å². The lowest BCUT2D eigenvalue weighted by Crippen LogP contribution is -2.20. The predicted molar refractivity (Wildman–Crippen MR) is 117 cm³/mol. The molecule has 29 heavy (non-hydrogen) atoms. The Kier molecular flexibility index (Phi) is 7.18. The third-order valence-corrected chi connectivity index (χ3v) is 4.59. The van der Waals surface area contributed by atoms with E-state index in [9.17, 15) is 4.79 Å². The second kappa shape index (κ2) is 9.39. The highest BCUT2D eigenvalue weighted by Crippen LogP contribution is 2.38. The zero-order chi connectivity index (χ0) is 20.3. The summed E-state index contributed by atoms with van der Waals surface area (Å²) >= 11 is 0. The zero-order valence-electron chi connectivity index (χ0n) is 16.9. The average molecular weight is 418 g/mol. The van der Waals surface area contributed by atoms with Crippen molar-refractivity contribution in [3.63, 3.8) is 0 Å². The van der Waals surface area contributed by atoms with Crippen molar-refractivity contribution >= 4 is 23.2 Å². The summed E-state index contributed by atoms with van der Waals surface area (Å²) < 4.78 is 23.3. The largest absolute Gasteiger partial charge is 0.493 e. The first-order chi connectivity index (χ1) is 13.6. The minimum Gasteiger partial charge on any atom is -0.493 e. The van der Waals surface area contributed by atoms with Crippen molar-refractivity contribution in [1.82, 2.24) is 4.57 Å². The number of aromatic nitrogens is 1. The molecule has 0 aliphatic heterocycles. The number of allylic oxidation sites excluding steroid dienone is 1. The Morgan fingerprint density at radius 1 is 0.862 bits per heavy atom. The number of rotatable bonds is 7. The molecule has 0 saturated carbocycles. The van der Waals surface area contributed by atoms with Crippen LogP contribution in [0.5, 0.6) is 23.0 Å². The van der Waals surface area contributed by atoms with Crippen LogP contribution in [0.15, 0.2) is 53.8 Å². The van der Waals surface area contributed by atoms with Crippen LogP contribution in [0.3, 0.4) is 0 Å². The molecule has 1 heterocycles. The van der Waals surface area contributed by atoms with E-state index in [0.29, 0.717) is 29.5 Å². The molecule has 0 bridgehead atoms. The molecule has 0 radical (unpaired) electrons. The predicted octanol–water partition coefficient (Wildman–Crippen LogP) is 4.31. The Bertz CT molecular complexity index is 1090. The molecule has 0 unspecified atom stereocenters. The van der Waals surface area contributed by atoms with Crippen molar-refractivity contribution in [3.05, 3.63) is 59.4 Å². The summed E-state index contributed by atoms with van der Waals surface area (Å²) in [6, 6.07) is 10.8. The molecule has 6 nitrogen and oxygen atoms in total. The first kappa shape index (κ1) is 22.2. The summed E-state index contributed by atoms with van der Waals surface area (Å²) in [7, 11) is 6.31. The average Bonchev–Trinajstić information content (AvgIpc) is 2.73. The number of hydrogen-bond acceptors (Lipinski definition) is 5. The van der Waals surface area contributed by atoms with Gasteiger partial charge >= 0.3 is 0 Å². The van der Waals surface area contributed by atoms with E-state index in [1.54, 1.807) is 51.2 Å². The van der Waals surface area contributed by atoms with E-state index in [4.69, 9.17) is 18.9 Å². The Balaban J connectivity index is 0.00000300. The summed E-state index contributed by atoms with van der Waals surface area (Å²) in [5, 5.41) is 1.61. The van der Waals surface area contributed by atoms with Gasteiger partial charge in [0.25, 0.3) is 5.56 Å². The van der Waals surface area contributed by atoms with Crippen molar-refractivity contribution in [2.75, 3.05) is 28.4 Å². The normalized spacial score (nSPS) is 10.2. The molecule has 0 N–H and O–H groups in total. The smallest absolute Gasteiger partial charge is 0.251 e. The lowest BCUT2D eigenvalue weighted by Gasteiger charge is -2.18. The van der Waals surface area contributed by atoms with E-state index >= 15 is 0 Å². The van der Waals surface area contributed by atoms with E-state index in [2.05, 4.69) is 6.58 Å². The van der Waals surface area contributed by atoms with Crippen LogP contribution in [0, 0.1) is 0 Å². The van der Waals surface area contributed by atoms with Gasteiger partial charge in [-0.25, -0.2) is 0 Å². The molecule has 1 aromatic heterocycles.